The van der Waals surface area contributed by atoms with E-state index in [-0.39, 0.29) is 0 Å². The largest absolute Gasteiger partial charge is 0.436 e. The maximum absolute atomic E-state index is 9.79. The molecule has 3 aromatic carbocycles. The molecule has 0 aliphatic heterocycles. The normalized spacial score (nSPS) is 12.3. The van der Waals surface area contributed by atoms with Crippen molar-refractivity contribution in [3.63, 3.8) is 0 Å². The van der Waals surface area contributed by atoms with Crippen LogP contribution in [0.1, 0.15) is 12.5 Å². The molecule has 136 valence electrons. The van der Waals surface area contributed by atoms with Crippen molar-refractivity contribution < 1.29 is 9.52 Å². The van der Waals surface area contributed by atoms with Gasteiger partial charge in [-0.1, -0.05) is 42.5 Å². The molecule has 4 heteroatoms. The smallest absolute Gasteiger partial charge is 0.227 e. The lowest BCUT2D eigenvalue weighted by molar-refractivity contribution is 0.195. The van der Waals surface area contributed by atoms with Gasteiger partial charge in [-0.25, -0.2) is 4.98 Å². The van der Waals surface area contributed by atoms with Crippen LogP contribution in [0.2, 0.25) is 0 Å². The second-order valence-electron chi connectivity index (χ2n) is 6.76. The van der Waals surface area contributed by atoms with Crippen molar-refractivity contribution in [2.24, 2.45) is 0 Å². The Morgan fingerprint density at radius 2 is 1.70 bits per heavy atom. The SMILES string of the molecule is Cc1c(-c2ccccc2)cccc1-c1nc2cc(N(C)C(C)O)ccc2o1. The molecule has 0 saturated carbocycles. The van der Waals surface area contributed by atoms with E-state index in [1.807, 2.05) is 55.6 Å². The van der Waals surface area contributed by atoms with Crippen molar-refractivity contribution in [2.45, 2.75) is 20.1 Å². The standard InChI is InChI=1S/C23H22N2O2/c1-15-19(17-8-5-4-6-9-17)10-7-11-20(15)23-24-21-14-18(25(3)16(2)26)12-13-22(21)27-23/h4-14,16,26H,1-3H3. The molecule has 0 saturated heterocycles. The number of oxazole rings is 1. The molecule has 0 spiro atoms. The van der Waals surface area contributed by atoms with E-state index in [2.05, 4.69) is 25.1 Å². The lowest BCUT2D eigenvalue weighted by atomic mass is 9.96. The molecule has 1 unspecified atom stereocenters. The molecule has 4 nitrogen and oxygen atoms in total. The third-order valence-electron chi connectivity index (χ3n) is 4.99. The first-order valence-corrected chi connectivity index (χ1v) is 9.01. The number of hydrogen-bond donors (Lipinski definition) is 1. The van der Waals surface area contributed by atoms with Crippen LogP contribution in [0, 0.1) is 6.92 Å². The van der Waals surface area contributed by atoms with Gasteiger partial charge < -0.3 is 14.4 Å². The summed E-state index contributed by atoms with van der Waals surface area (Å²) in [4.78, 5) is 6.49. The van der Waals surface area contributed by atoms with E-state index >= 15 is 0 Å². The lowest BCUT2D eigenvalue weighted by Gasteiger charge is -2.22. The molecule has 0 amide bonds. The van der Waals surface area contributed by atoms with E-state index in [1.165, 1.54) is 11.1 Å². The fraction of sp³-hybridized carbons (Fsp3) is 0.174. The number of anilines is 1. The van der Waals surface area contributed by atoms with Crippen molar-refractivity contribution in [1.82, 2.24) is 4.98 Å². The van der Waals surface area contributed by atoms with Crippen molar-refractivity contribution in [1.29, 1.82) is 0 Å². The highest BCUT2D eigenvalue weighted by molar-refractivity contribution is 5.82. The van der Waals surface area contributed by atoms with Crippen LogP contribution < -0.4 is 4.90 Å². The quantitative estimate of drug-likeness (QED) is 0.507. The van der Waals surface area contributed by atoms with Gasteiger partial charge in [0.05, 0.1) is 0 Å². The number of rotatable bonds is 4. The minimum atomic E-state index is -0.571. The molecule has 27 heavy (non-hydrogen) atoms. The first-order chi connectivity index (χ1) is 13.0. The number of nitrogens with zero attached hydrogens (tertiary/aromatic N) is 2. The number of aliphatic hydroxyl groups excluding tert-OH is 1. The van der Waals surface area contributed by atoms with E-state index in [4.69, 9.17) is 9.40 Å². The maximum atomic E-state index is 9.79. The topological polar surface area (TPSA) is 49.5 Å². The van der Waals surface area contributed by atoms with Gasteiger partial charge in [-0.15, -0.1) is 0 Å². The van der Waals surface area contributed by atoms with Crippen LogP contribution in [0.5, 0.6) is 0 Å². The first-order valence-electron chi connectivity index (χ1n) is 9.01. The molecule has 4 rings (SSSR count). The summed E-state index contributed by atoms with van der Waals surface area (Å²) in [5.41, 5.74) is 6.87. The van der Waals surface area contributed by atoms with Crippen LogP contribution in [0.4, 0.5) is 5.69 Å². The fourth-order valence-corrected chi connectivity index (χ4v) is 3.26. The molecule has 4 aromatic rings. The summed E-state index contributed by atoms with van der Waals surface area (Å²) in [6, 6.07) is 22.3. The monoisotopic (exact) mass is 358 g/mol. The predicted molar refractivity (Wildman–Crippen MR) is 110 cm³/mol. The van der Waals surface area contributed by atoms with Gasteiger partial charge in [-0.3, -0.25) is 0 Å². The minimum absolute atomic E-state index is 0.571. The summed E-state index contributed by atoms with van der Waals surface area (Å²) in [6.45, 7) is 3.83. The Balaban J connectivity index is 1.79. The fourth-order valence-electron chi connectivity index (χ4n) is 3.26. The van der Waals surface area contributed by atoms with Crippen molar-refractivity contribution in [3.05, 3.63) is 72.3 Å². The van der Waals surface area contributed by atoms with Gasteiger partial charge in [-0.05, 0) is 54.8 Å². The van der Waals surface area contributed by atoms with Crippen molar-refractivity contribution >= 4 is 16.8 Å². The average molecular weight is 358 g/mol. The van der Waals surface area contributed by atoms with E-state index in [0.29, 0.717) is 5.89 Å². The molecule has 0 aliphatic rings. The Kier molecular flexibility index (Phi) is 4.42. The molecule has 1 aromatic heterocycles. The third-order valence-corrected chi connectivity index (χ3v) is 4.99. The van der Waals surface area contributed by atoms with Crippen LogP contribution >= 0.6 is 0 Å². The summed E-state index contributed by atoms with van der Waals surface area (Å²) in [5.74, 6) is 0.608. The van der Waals surface area contributed by atoms with E-state index in [9.17, 15) is 5.11 Å². The second kappa shape index (κ2) is 6.89. The van der Waals surface area contributed by atoms with E-state index in [0.717, 1.165) is 27.9 Å². The Morgan fingerprint density at radius 1 is 0.963 bits per heavy atom. The summed E-state index contributed by atoms with van der Waals surface area (Å²) < 4.78 is 6.03. The number of fused-ring (bicyclic) bond motifs is 1. The molecule has 0 bridgehead atoms. The summed E-state index contributed by atoms with van der Waals surface area (Å²) in [6.07, 6.45) is -0.571. The zero-order valence-electron chi connectivity index (χ0n) is 15.7. The van der Waals surface area contributed by atoms with Gasteiger partial charge in [0.15, 0.2) is 5.58 Å². The molecule has 0 radical (unpaired) electrons. The van der Waals surface area contributed by atoms with Gasteiger partial charge >= 0.3 is 0 Å². The van der Waals surface area contributed by atoms with Crippen LogP contribution in [-0.4, -0.2) is 23.4 Å². The number of aromatic nitrogens is 1. The van der Waals surface area contributed by atoms with Gasteiger partial charge in [0, 0.05) is 18.3 Å². The summed E-state index contributed by atoms with van der Waals surface area (Å²) >= 11 is 0. The van der Waals surface area contributed by atoms with Gasteiger partial charge in [0.25, 0.3) is 0 Å². The Labute approximate surface area is 158 Å². The Bertz CT molecular complexity index is 1080. The Morgan fingerprint density at radius 3 is 2.44 bits per heavy atom. The van der Waals surface area contributed by atoms with Crippen LogP contribution in [0.15, 0.2) is 71.1 Å². The molecule has 1 atom stereocenters. The first kappa shape index (κ1) is 17.3. The predicted octanol–water partition coefficient (Wildman–Crippen LogP) is 5.24. The second-order valence-corrected chi connectivity index (χ2v) is 6.76. The van der Waals surface area contributed by atoms with E-state index < -0.39 is 6.23 Å². The zero-order chi connectivity index (χ0) is 19.0. The lowest BCUT2D eigenvalue weighted by Crippen LogP contribution is -2.27. The highest BCUT2D eigenvalue weighted by Gasteiger charge is 2.15. The number of aliphatic hydroxyl groups is 1. The molecular weight excluding hydrogens is 336 g/mol. The minimum Gasteiger partial charge on any atom is -0.436 e. The third kappa shape index (κ3) is 3.20. The Hall–Kier alpha value is -3.11. The van der Waals surface area contributed by atoms with Crippen LogP contribution in [0.25, 0.3) is 33.7 Å². The summed E-state index contributed by atoms with van der Waals surface area (Å²) in [5, 5.41) is 9.79. The van der Waals surface area contributed by atoms with Crippen molar-refractivity contribution in [3.8, 4) is 22.6 Å². The van der Waals surface area contributed by atoms with Crippen molar-refractivity contribution in [2.75, 3.05) is 11.9 Å². The number of hydrogen-bond acceptors (Lipinski definition) is 4. The summed E-state index contributed by atoms with van der Waals surface area (Å²) in [7, 11) is 1.85. The zero-order valence-corrected chi connectivity index (χ0v) is 15.7. The highest BCUT2D eigenvalue weighted by Crippen LogP contribution is 2.33. The van der Waals surface area contributed by atoms with Gasteiger partial charge in [0.1, 0.15) is 11.7 Å². The van der Waals surface area contributed by atoms with Crippen LogP contribution in [-0.2, 0) is 0 Å². The maximum Gasteiger partial charge on any atom is 0.227 e. The molecular formula is C23H22N2O2. The number of benzene rings is 3. The van der Waals surface area contributed by atoms with Gasteiger partial charge in [-0.2, -0.15) is 0 Å². The molecule has 0 aliphatic carbocycles. The van der Waals surface area contributed by atoms with Gasteiger partial charge in [0.2, 0.25) is 5.89 Å². The average Bonchev–Trinajstić information content (AvgIpc) is 3.11. The molecule has 1 N–H and O–H groups in total. The molecule has 0 fully saturated rings. The highest BCUT2D eigenvalue weighted by atomic mass is 16.3. The molecule has 1 heterocycles. The van der Waals surface area contributed by atoms with E-state index in [1.54, 1.807) is 11.8 Å². The van der Waals surface area contributed by atoms with Crippen LogP contribution in [0.3, 0.4) is 0 Å².